The van der Waals surface area contributed by atoms with Gasteiger partial charge in [0.1, 0.15) is 5.82 Å². The molecular formula is C56H38N2. The maximum absolute atomic E-state index is 5.25. The Balaban J connectivity index is 1.14. The van der Waals surface area contributed by atoms with Crippen LogP contribution in [0.15, 0.2) is 194 Å². The molecule has 0 saturated carbocycles. The topological polar surface area (TPSA) is 17.8 Å². The molecule has 12 rings (SSSR count). The predicted octanol–water partition coefficient (Wildman–Crippen LogP) is 14.9. The van der Waals surface area contributed by atoms with Crippen molar-refractivity contribution in [3.63, 3.8) is 0 Å². The molecular weight excluding hydrogens is 701 g/mol. The fraction of sp³-hybridized carbons (Fsp3) is 0.0536. The van der Waals surface area contributed by atoms with Crippen LogP contribution in [0.4, 0.5) is 0 Å². The van der Waals surface area contributed by atoms with E-state index in [9.17, 15) is 0 Å². The lowest BCUT2D eigenvalue weighted by molar-refractivity contribution is 0.661. The van der Waals surface area contributed by atoms with Crippen molar-refractivity contribution < 1.29 is 0 Å². The van der Waals surface area contributed by atoms with Gasteiger partial charge >= 0.3 is 0 Å². The highest BCUT2D eigenvalue weighted by Gasteiger charge is 2.37. The molecule has 0 spiro atoms. The van der Waals surface area contributed by atoms with Crippen molar-refractivity contribution in [2.45, 2.75) is 19.3 Å². The van der Waals surface area contributed by atoms with E-state index < -0.39 is 0 Å². The third kappa shape index (κ3) is 4.82. The lowest BCUT2D eigenvalue weighted by atomic mass is 9.79. The Bertz CT molecular complexity index is 3480. The van der Waals surface area contributed by atoms with E-state index in [1.807, 2.05) is 0 Å². The van der Waals surface area contributed by atoms with Gasteiger partial charge in [0, 0.05) is 16.7 Å². The van der Waals surface area contributed by atoms with Crippen LogP contribution in [0, 0.1) is 0 Å². The van der Waals surface area contributed by atoms with Crippen molar-refractivity contribution in [1.29, 1.82) is 0 Å². The van der Waals surface area contributed by atoms with Crippen molar-refractivity contribution >= 4 is 54.1 Å². The first kappa shape index (κ1) is 32.9. The molecule has 2 nitrogen and oxygen atoms in total. The Hall–Kier alpha value is -7.29. The zero-order valence-electron chi connectivity index (χ0n) is 32.4. The monoisotopic (exact) mass is 738 g/mol. The van der Waals surface area contributed by atoms with Gasteiger partial charge in [-0.2, -0.15) is 0 Å². The van der Waals surface area contributed by atoms with Gasteiger partial charge in [0.15, 0.2) is 0 Å². The largest absolute Gasteiger partial charge is 0.292 e. The summed E-state index contributed by atoms with van der Waals surface area (Å²) in [6.07, 6.45) is 0. The normalized spacial score (nSPS) is 13.1. The van der Waals surface area contributed by atoms with Crippen LogP contribution in [-0.2, 0) is 5.41 Å². The first-order valence-corrected chi connectivity index (χ1v) is 20.2. The van der Waals surface area contributed by atoms with Crippen LogP contribution < -0.4 is 0 Å². The van der Waals surface area contributed by atoms with Crippen LogP contribution in [0.3, 0.4) is 0 Å². The molecule has 10 aromatic carbocycles. The maximum Gasteiger partial charge on any atom is 0.145 e. The second-order valence-corrected chi connectivity index (χ2v) is 16.3. The number of hydrogen-bond acceptors (Lipinski definition) is 1. The quantitative estimate of drug-likeness (QED) is 0.164. The molecule has 0 saturated heterocycles. The van der Waals surface area contributed by atoms with Gasteiger partial charge in [-0.05, 0) is 142 Å². The SMILES string of the molecule is CC1(C)c2cc(-c3nc4ccccc4n3-c3ccccc3)ccc2-c2cc3c(-c4ccc5ccccc5c4)c4ccccc4c(-c4ccc5ccccc5c4)c3cc21. The zero-order chi connectivity index (χ0) is 38.5. The second kappa shape index (κ2) is 12.4. The smallest absolute Gasteiger partial charge is 0.145 e. The van der Waals surface area contributed by atoms with Crippen molar-refractivity contribution in [3.05, 3.63) is 205 Å². The first-order chi connectivity index (χ1) is 28.5. The molecule has 0 fully saturated rings. The molecule has 0 N–H and O–H groups in total. The summed E-state index contributed by atoms with van der Waals surface area (Å²) in [7, 11) is 0. The third-order valence-corrected chi connectivity index (χ3v) is 12.7. The van der Waals surface area contributed by atoms with Crippen molar-refractivity contribution in [1.82, 2.24) is 9.55 Å². The molecule has 0 atom stereocenters. The number of fused-ring (bicyclic) bond motifs is 8. The van der Waals surface area contributed by atoms with Crippen molar-refractivity contribution in [2.75, 3.05) is 0 Å². The Morgan fingerprint density at radius 2 is 0.931 bits per heavy atom. The van der Waals surface area contributed by atoms with Crippen LogP contribution >= 0.6 is 0 Å². The first-order valence-electron chi connectivity index (χ1n) is 20.2. The van der Waals surface area contributed by atoms with E-state index >= 15 is 0 Å². The number of imidazole rings is 1. The van der Waals surface area contributed by atoms with Gasteiger partial charge < -0.3 is 0 Å². The minimum atomic E-state index is -0.256. The Morgan fingerprint density at radius 1 is 0.397 bits per heavy atom. The minimum Gasteiger partial charge on any atom is -0.292 e. The van der Waals surface area contributed by atoms with Gasteiger partial charge in [-0.1, -0.05) is 153 Å². The van der Waals surface area contributed by atoms with E-state index in [1.54, 1.807) is 0 Å². The lowest BCUT2D eigenvalue weighted by Gasteiger charge is -2.24. The zero-order valence-corrected chi connectivity index (χ0v) is 32.4. The van der Waals surface area contributed by atoms with Crippen LogP contribution in [-0.4, -0.2) is 9.55 Å². The highest BCUT2D eigenvalue weighted by molar-refractivity contribution is 6.23. The third-order valence-electron chi connectivity index (χ3n) is 12.7. The van der Waals surface area contributed by atoms with E-state index in [1.165, 1.54) is 87.6 Å². The van der Waals surface area contributed by atoms with Crippen LogP contribution in [0.2, 0.25) is 0 Å². The second-order valence-electron chi connectivity index (χ2n) is 16.3. The number of rotatable bonds is 4. The Morgan fingerprint density at radius 3 is 1.60 bits per heavy atom. The molecule has 1 aliphatic carbocycles. The molecule has 0 radical (unpaired) electrons. The number of nitrogens with zero attached hydrogens (tertiary/aromatic N) is 2. The summed E-state index contributed by atoms with van der Waals surface area (Å²) in [6, 6.07) is 71.5. The molecule has 1 heterocycles. The summed E-state index contributed by atoms with van der Waals surface area (Å²) >= 11 is 0. The molecule has 1 aromatic heterocycles. The highest BCUT2D eigenvalue weighted by atomic mass is 15.1. The maximum atomic E-state index is 5.25. The molecule has 1 aliphatic rings. The molecule has 272 valence electrons. The summed E-state index contributed by atoms with van der Waals surface area (Å²) in [5, 5.41) is 10.1. The van der Waals surface area contributed by atoms with Gasteiger partial charge in [0.25, 0.3) is 0 Å². The standard InChI is InChI=1S/C56H38N2/c1-56(2)49-32-41(55-57-51-22-12-13-23-52(51)58(55)42-18-4-3-5-19-42)28-29-43(49)46-33-47-48(34-50(46)56)54(40-27-25-36-15-7-9-17-38(36)31-40)45-21-11-10-20-44(45)53(47)39-26-24-35-14-6-8-16-37(35)30-39/h3-34H,1-2H3. The molecule has 0 unspecified atom stereocenters. The average Bonchev–Trinajstić information content (AvgIpc) is 3.76. The van der Waals surface area contributed by atoms with Gasteiger partial charge in [-0.3, -0.25) is 4.57 Å². The molecule has 0 aliphatic heterocycles. The molecule has 0 amide bonds. The minimum absolute atomic E-state index is 0.256. The molecule has 0 bridgehead atoms. The summed E-state index contributed by atoms with van der Waals surface area (Å²) in [5.41, 5.74) is 14.4. The van der Waals surface area contributed by atoms with E-state index in [-0.39, 0.29) is 5.41 Å². The van der Waals surface area contributed by atoms with Gasteiger partial charge in [-0.25, -0.2) is 4.98 Å². The summed E-state index contributed by atoms with van der Waals surface area (Å²) < 4.78 is 2.30. The summed E-state index contributed by atoms with van der Waals surface area (Å²) in [4.78, 5) is 5.25. The molecule has 58 heavy (non-hydrogen) atoms. The number of para-hydroxylation sites is 3. The lowest BCUT2D eigenvalue weighted by Crippen LogP contribution is -2.15. The van der Waals surface area contributed by atoms with Crippen LogP contribution in [0.1, 0.15) is 25.0 Å². The molecule has 11 aromatic rings. The van der Waals surface area contributed by atoms with Crippen molar-refractivity contribution in [2.24, 2.45) is 0 Å². The Kier molecular flexibility index (Phi) is 7.01. The Labute approximate surface area is 337 Å². The van der Waals surface area contributed by atoms with E-state index in [0.29, 0.717) is 0 Å². The summed E-state index contributed by atoms with van der Waals surface area (Å²) in [5.74, 6) is 0.954. The number of hydrogen-bond donors (Lipinski definition) is 0. The van der Waals surface area contributed by atoms with E-state index in [4.69, 9.17) is 4.98 Å². The van der Waals surface area contributed by atoms with Crippen LogP contribution in [0.5, 0.6) is 0 Å². The fourth-order valence-corrected chi connectivity index (χ4v) is 9.91. The number of benzene rings is 10. The van der Waals surface area contributed by atoms with Gasteiger partial charge in [0.2, 0.25) is 0 Å². The van der Waals surface area contributed by atoms with Crippen LogP contribution in [0.25, 0.3) is 105 Å². The number of aromatic nitrogens is 2. The van der Waals surface area contributed by atoms with Gasteiger partial charge in [-0.15, -0.1) is 0 Å². The average molecular weight is 739 g/mol. The predicted molar refractivity (Wildman–Crippen MR) is 245 cm³/mol. The van der Waals surface area contributed by atoms with E-state index in [2.05, 4.69) is 213 Å². The van der Waals surface area contributed by atoms with E-state index in [0.717, 1.165) is 28.1 Å². The molecule has 2 heteroatoms. The summed E-state index contributed by atoms with van der Waals surface area (Å²) in [6.45, 7) is 4.79. The highest BCUT2D eigenvalue weighted by Crippen LogP contribution is 2.54. The van der Waals surface area contributed by atoms with Gasteiger partial charge in [0.05, 0.1) is 11.0 Å². The van der Waals surface area contributed by atoms with Crippen molar-refractivity contribution in [3.8, 4) is 50.5 Å². The fourth-order valence-electron chi connectivity index (χ4n) is 9.91.